The summed E-state index contributed by atoms with van der Waals surface area (Å²) in [6, 6.07) is 4.12. The molecular weight excluding hydrogens is 280 g/mol. The standard InChI is InChI=1S/C16H18N4O2/c1-12(21)14-5-18-20(7-14)6-13-2-3-15(17-4-13)19-8-16(9-19)10-22-11-16/h2-5,7H,6,8-11H2,1H3. The zero-order chi connectivity index (χ0) is 15.2. The summed E-state index contributed by atoms with van der Waals surface area (Å²) < 4.78 is 7.05. The number of ether oxygens (including phenoxy) is 1. The Balaban J connectivity index is 1.40. The van der Waals surface area contributed by atoms with Gasteiger partial charge in [0.15, 0.2) is 5.78 Å². The Hall–Kier alpha value is -2.21. The molecule has 2 aromatic heterocycles. The fraction of sp³-hybridized carbons (Fsp3) is 0.438. The first-order valence-electron chi connectivity index (χ1n) is 7.45. The number of anilines is 1. The normalized spacial score (nSPS) is 18.9. The van der Waals surface area contributed by atoms with E-state index in [4.69, 9.17) is 4.74 Å². The van der Waals surface area contributed by atoms with Gasteiger partial charge < -0.3 is 9.64 Å². The molecule has 0 bridgehead atoms. The highest BCUT2D eigenvalue weighted by Gasteiger charge is 2.49. The smallest absolute Gasteiger partial charge is 0.162 e. The van der Waals surface area contributed by atoms with Crippen molar-refractivity contribution in [1.82, 2.24) is 14.8 Å². The molecule has 0 aliphatic carbocycles. The van der Waals surface area contributed by atoms with E-state index in [0.717, 1.165) is 37.7 Å². The van der Waals surface area contributed by atoms with Crippen molar-refractivity contribution in [3.63, 3.8) is 0 Å². The number of nitrogens with zero attached hydrogens (tertiary/aromatic N) is 4. The zero-order valence-electron chi connectivity index (χ0n) is 12.5. The number of rotatable bonds is 4. The molecule has 114 valence electrons. The first kappa shape index (κ1) is 13.5. The maximum absolute atomic E-state index is 11.3. The molecule has 2 saturated heterocycles. The summed E-state index contributed by atoms with van der Waals surface area (Å²) in [6.45, 7) is 6.03. The van der Waals surface area contributed by atoms with Gasteiger partial charge in [0.25, 0.3) is 0 Å². The average molecular weight is 298 g/mol. The topological polar surface area (TPSA) is 60.2 Å². The van der Waals surface area contributed by atoms with Crippen molar-refractivity contribution >= 4 is 11.6 Å². The SMILES string of the molecule is CC(=O)c1cnn(Cc2ccc(N3CC4(COC4)C3)nc2)c1. The minimum atomic E-state index is 0.0337. The second-order valence-corrected chi connectivity index (χ2v) is 6.36. The molecule has 0 unspecified atom stereocenters. The molecule has 2 aliphatic heterocycles. The van der Waals surface area contributed by atoms with Crippen molar-refractivity contribution in [2.45, 2.75) is 13.5 Å². The van der Waals surface area contributed by atoms with Crippen molar-refractivity contribution in [3.05, 3.63) is 41.9 Å². The molecular formula is C16H18N4O2. The van der Waals surface area contributed by atoms with E-state index in [9.17, 15) is 4.79 Å². The van der Waals surface area contributed by atoms with E-state index in [-0.39, 0.29) is 5.78 Å². The molecule has 0 saturated carbocycles. The number of hydrogen-bond donors (Lipinski definition) is 0. The molecule has 0 amide bonds. The third-order valence-electron chi connectivity index (χ3n) is 4.39. The van der Waals surface area contributed by atoms with Gasteiger partial charge in [-0.25, -0.2) is 4.98 Å². The molecule has 2 aromatic rings. The predicted molar refractivity (Wildman–Crippen MR) is 81.0 cm³/mol. The van der Waals surface area contributed by atoms with E-state index in [1.807, 2.05) is 6.20 Å². The van der Waals surface area contributed by atoms with Gasteiger partial charge >= 0.3 is 0 Å². The van der Waals surface area contributed by atoms with Crippen LogP contribution < -0.4 is 4.90 Å². The highest BCUT2D eigenvalue weighted by Crippen LogP contribution is 2.39. The molecule has 6 heteroatoms. The molecule has 0 aromatic carbocycles. The maximum Gasteiger partial charge on any atom is 0.162 e. The van der Waals surface area contributed by atoms with Gasteiger partial charge in [0.1, 0.15) is 5.82 Å². The Labute approximate surface area is 128 Å². The van der Waals surface area contributed by atoms with E-state index in [2.05, 4.69) is 27.1 Å². The molecule has 2 fully saturated rings. The number of Topliss-reactive ketones (excluding diaryl/α,β-unsaturated/α-hetero) is 1. The molecule has 4 heterocycles. The van der Waals surface area contributed by atoms with E-state index in [1.54, 1.807) is 24.0 Å². The van der Waals surface area contributed by atoms with Crippen molar-refractivity contribution in [3.8, 4) is 0 Å². The number of hydrogen-bond acceptors (Lipinski definition) is 5. The Bertz CT molecular complexity index is 695. The summed E-state index contributed by atoms with van der Waals surface area (Å²) in [6.07, 6.45) is 5.25. The lowest BCUT2D eigenvalue weighted by Gasteiger charge is -2.55. The van der Waals surface area contributed by atoms with Crippen molar-refractivity contribution in [2.75, 3.05) is 31.2 Å². The quantitative estimate of drug-likeness (QED) is 0.798. The van der Waals surface area contributed by atoms with E-state index < -0.39 is 0 Å². The monoisotopic (exact) mass is 298 g/mol. The zero-order valence-corrected chi connectivity index (χ0v) is 12.5. The van der Waals surface area contributed by atoms with Crippen molar-refractivity contribution in [2.24, 2.45) is 5.41 Å². The lowest BCUT2D eigenvalue weighted by atomic mass is 9.78. The van der Waals surface area contributed by atoms with Crippen molar-refractivity contribution in [1.29, 1.82) is 0 Å². The first-order valence-corrected chi connectivity index (χ1v) is 7.45. The molecule has 1 spiro atoms. The van der Waals surface area contributed by atoms with Gasteiger partial charge in [-0.3, -0.25) is 9.48 Å². The van der Waals surface area contributed by atoms with E-state index in [1.165, 1.54) is 0 Å². The molecule has 22 heavy (non-hydrogen) atoms. The van der Waals surface area contributed by atoms with Crippen LogP contribution in [0.1, 0.15) is 22.8 Å². The number of ketones is 1. The van der Waals surface area contributed by atoms with Crippen LogP contribution in [0.15, 0.2) is 30.7 Å². The average Bonchev–Trinajstić information content (AvgIpc) is 2.86. The Morgan fingerprint density at radius 3 is 2.68 bits per heavy atom. The van der Waals surface area contributed by atoms with Gasteiger partial charge in [-0.2, -0.15) is 5.10 Å². The van der Waals surface area contributed by atoms with E-state index >= 15 is 0 Å². The van der Waals surface area contributed by atoms with Crippen LogP contribution in [0.3, 0.4) is 0 Å². The summed E-state index contributed by atoms with van der Waals surface area (Å²) >= 11 is 0. The summed E-state index contributed by atoms with van der Waals surface area (Å²) in [4.78, 5) is 18.1. The summed E-state index contributed by atoms with van der Waals surface area (Å²) in [5.74, 6) is 1.05. The van der Waals surface area contributed by atoms with Crippen LogP contribution in [0.5, 0.6) is 0 Å². The third kappa shape index (κ3) is 2.29. The fourth-order valence-electron chi connectivity index (χ4n) is 3.01. The minimum Gasteiger partial charge on any atom is -0.380 e. The van der Waals surface area contributed by atoms with Gasteiger partial charge in [-0.05, 0) is 18.6 Å². The van der Waals surface area contributed by atoms with E-state index in [0.29, 0.717) is 17.5 Å². The van der Waals surface area contributed by atoms with Gasteiger partial charge in [0.2, 0.25) is 0 Å². The molecule has 0 N–H and O–H groups in total. The highest BCUT2D eigenvalue weighted by atomic mass is 16.5. The Kier molecular flexibility index (Phi) is 3.00. The minimum absolute atomic E-state index is 0.0337. The largest absolute Gasteiger partial charge is 0.380 e. The Morgan fingerprint density at radius 2 is 2.14 bits per heavy atom. The van der Waals surface area contributed by atoms with Gasteiger partial charge in [-0.15, -0.1) is 0 Å². The van der Waals surface area contributed by atoms with Crippen molar-refractivity contribution < 1.29 is 9.53 Å². The third-order valence-corrected chi connectivity index (χ3v) is 4.39. The lowest BCUT2D eigenvalue weighted by molar-refractivity contribution is -0.127. The van der Waals surface area contributed by atoms with Gasteiger partial charge in [0, 0.05) is 25.5 Å². The van der Waals surface area contributed by atoms with Crippen LogP contribution in [-0.2, 0) is 11.3 Å². The lowest BCUT2D eigenvalue weighted by Crippen LogP contribution is -2.66. The molecule has 0 radical (unpaired) electrons. The molecule has 0 atom stereocenters. The fourth-order valence-corrected chi connectivity index (χ4v) is 3.01. The summed E-state index contributed by atoms with van der Waals surface area (Å²) in [7, 11) is 0. The maximum atomic E-state index is 11.3. The van der Waals surface area contributed by atoms with Crippen LogP contribution in [0.2, 0.25) is 0 Å². The molecule has 2 aliphatic rings. The number of aromatic nitrogens is 3. The summed E-state index contributed by atoms with van der Waals surface area (Å²) in [5.41, 5.74) is 2.11. The predicted octanol–water partition coefficient (Wildman–Crippen LogP) is 1.37. The highest BCUT2D eigenvalue weighted by molar-refractivity contribution is 5.93. The Morgan fingerprint density at radius 1 is 1.32 bits per heavy atom. The number of carbonyl (C=O) groups is 1. The number of carbonyl (C=O) groups excluding carboxylic acids is 1. The molecule has 4 rings (SSSR count). The first-order chi connectivity index (χ1) is 10.6. The van der Waals surface area contributed by atoms with Crippen LogP contribution >= 0.6 is 0 Å². The second-order valence-electron chi connectivity index (χ2n) is 6.36. The molecule has 6 nitrogen and oxygen atoms in total. The summed E-state index contributed by atoms with van der Waals surface area (Å²) in [5, 5.41) is 4.20. The van der Waals surface area contributed by atoms with Gasteiger partial charge in [0.05, 0.1) is 36.9 Å². The van der Waals surface area contributed by atoms with Crippen LogP contribution in [0.4, 0.5) is 5.82 Å². The second kappa shape index (κ2) is 4.91. The van der Waals surface area contributed by atoms with Crippen LogP contribution in [-0.4, -0.2) is 46.9 Å². The van der Waals surface area contributed by atoms with Gasteiger partial charge in [-0.1, -0.05) is 6.07 Å². The van der Waals surface area contributed by atoms with Crippen LogP contribution in [0, 0.1) is 5.41 Å². The van der Waals surface area contributed by atoms with Crippen LogP contribution in [0.25, 0.3) is 0 Å². The number of pyridine rings is 1.